The molecule has 1 aromatic rings. The number of rotatable bonds is 4. The second kappa shape index (κ2) is 8.56. The Hall–Kier alpha value is -2.73. The third kappa shape index (κ3) is 3.84. The summed E-state index contributed by atoms with van der Waals surface area (Å²) < 4.78 is 0. The van der Waals surface area contributed by atoms with Gasteiger partial charge in [0, 0.05) is 31.1 Å². The Morgan fingerprint density at radius 3 is 2.83 bits per heavy atom. The van der Waals surface area contributed by atoms with Crippen molar-refractivity contribution in [3.8, 4) is 0 Å². The number of hydrogen-bond donors (Lipinski definition) is 1. The van der Waals surface area contributed by atoms with Gasteiger partial charge in [0.2, 0.25) is 0 Å². The lowest BCUT2D eigenvalue weighted by Crippen LogP contribution is -2.42. The summed E-state index contributed by atoms with van der Waals surface area (Å²) in [4.78, 5) is 9.01. The quantitative estimate of drug-likeness (QED) is 0.620. The van der Waals surface area contributed by atoms with Gasteiger partial charge in [-0.15, -0.1) is 0 Å². The second-order valence-corrected chi connectivity index (χ2v) is 8.55. The molecular formula is C24H24BBrN4. The maximum absolute atomic E-state index is 4.64. The zero-order chi connectivity index (χ0) is 20.3. The normalized spacial score (nSPS) is 22.8. The highest BCUT2D eigenvalue weighted by atomic mass is 79.9. The van der Waals surface area contributed by atoms with Crippen LogP contribution in [0.4, 0.5) is 5.82 Å². The van der Waals surface area contributed by atoms with E-state index >= 15 is 0 Å². The number of nitrogens with zero attached hydrogens (tertiary/aromatic N) is 3. The van der Waals surface area contributed by atoms with Crippen LogP contribution >= 0.6 is 15.8 Å². The molecule has 1 unspecified atom stereocenters. The SMILES string of the molecule is BrB1N(C2=CC(C3=CCCC=C3)=CCN2)C=CN1c1cc(C2C=CC=CC2)ccn1. The molecule has 1 atom stereocenters. The number of dihydropyridines is 1. The Morgan fingerprint density at radius 1 is 1.07 bits per heavy atom. The van der Waals surface area contributed by atoms with Crippen LogP contribution in [-0.2, 0) is 0 Å². The van der Waals surface area contributed by atoms with E-state index in [1.54, 1.807) is 0 Å². The molecule has 5 rings (SSSR count). The molecule has 3 heterocycles. The van der Waals surface area contributed by atoms with Crippen molar-refractivity contribution in [2.75, 3.05) is 11.4 Å². The summed E-state index contributed by atoms with van der Waals surface area (Å²) in [6.45, 7) is 0.825. The zero-order valence-electron chi connectivity index (χ0n) is 16.8. The van der Waals surface area contributed by atoms with Gasteiger partial charge in [-0.25, -0.2) is 4.98 Å². The lowest BCUT2D eigenvalue weighted by molar-refractivity contribution is 0.635. The van der Waals surface area contributed by atoms with Crippen molar-refractivity contribution in [2.24, 2.45) is 0 Å². The van der Waals surface area contributed by atoms with Crippen LogP contribution in [0, 0.1) is 0 Å². The number of allylic oxidation sites excluding steroid dienone is 10. The topological polar surface area (TPSA) is 31.4 Å². The molecule has 0 saturated heterocycles. The monoisotopic (exact) mass is 458 g/mol. The minimum Gasteiger partial charge on any atom is -0.369 e. The van der Waals surface area contributed by atoms with E-state index < -0.39 is 0 Å². The summed E-state index contributed by atoms with van der Waals surface area (Å²) in [5, 5.41) is 3.51. The van der Waals surface area contributed by atoms with Crippen molar-refractivity contribution in [1.29, 1.82) is 0 Å². The smallest absolute Gasteiger partial charge is 0.369 e. The fourth-order valence-electron chi connectivity index (χ4n) is 4.15. The van der Waals surface area contributed by atoms with Crippen LogP contribution in [0.25, 0.3) is 0 Å². The van der Waals surface area contributed by atoms with E-state index in [1.165, 1.54) is 16.7 Å². The van der Waals surface area contributed by atoms with Gasteiger partial charge in [-0.3, -0.25) is 0 Å². The maximum Gasteiger partial charge on any atom is 0.466 e. The fourth-order valence-corrected chi connectivity index (χ4v) is 4.85. The van der Waals surface area contributed by atoms with E-state index in [-0.39, 0.29) is 5.81 Å². The highest BCUT2D eigenvalue weighted by Crippen LogP contribution is 2.31. The van der Waals surface area contributed by atoms with Crippen molar-refractivity contribution < 1.29 is 0 Å². The van der Waals surface area contributed by atoms with Crippen molar-refractivity contribution in [1.82, 2.24) is 15.1 Å². The van der Waals surface area contributed by atoms with Gasteiger partial charge in [0.05, 0.1) is 5.82 Å². The summed E-state index contributed by atoms with van der Waals surface area (Å²) in [6, 6.07) is 4.31. The van der Waals surface area contributed by atoms with Crippen molar-refractivity contribution >= 4 is 27.4 Å². The number of hydrogen-bond acceptors (Lipinski definition) is 4. The van der Waals surface area contributed by atoms with Crippen LogP contribution in [-0.4, -0.2) is 22.1 Å². The van der Waals surface area contributed by atoms with Gasteiger partial charge in [-0.1, -0.05) is 64.4 Å². The standard InChI is InChI=1S/C24H24BBrN4/c26-25-29(23-17-21(11-13-27-23)19-7-3-1-4-8-19)15-16-30(25)24-18-22(12-14-28-24)20-9-5-2-6-10-20/h1,3-5,7,9-13,15-19,28H,2,6,8,14H2. The molecule has 0 bridgehead atoms. The molecular weight excluding hydrogens is 435 g/mol. The third-order valence-corrected chi connectivity index (χ3v) is 6.68. The minimum atomic E-state index is -0.0315. The molecule has 2 aliphatic carbocycles. The molecule has 4 nitrogen and oxygen atoms in total. The summed E-state index contributed by atoms with van der Waals surface area (Å²) in [5.74, 6) is 2.42. The van der Waals surface area contributed by atoms with Crippen LogP contribution in [0.15, 0.2) is 102 Å². The molecule has 4 aliphatic rings. The Kier molecular flexibility index (Phi) is 5.49. The van der Waals surface area contributed by atoms with Crippen molar-refractivity contribution in [2.45, 2.75) is 25.2 Å². The second-order valence-electron chi connectivity index (χ2n) is 7.74. The highest BCUT2D eigenvalue weighted by molar-refractivity contribution is 9.24. The van der Waals surface area contributed by atoms with Gasteiger partial charge in [-0.2, -0.15) is 0 Å². The van der Waals surface area contributed by atoms with Crippen LogP contribution in [0.2, 0.25) is 0 Å². The van der Waals surface area contributed by atoms with E-state index in [9.17, 15) is 0 Å². The first-order chi connectivity index (χ1) is 14.8. The van der Waals surface area contributed by atoms with Crippen LogP contribution in [0.3, 0.4) is 0 Å². The first kappa shape index (κ1) is 19.3. The van der Waals surface area contributed by atoms with Gasteiger partial charge < -0.3 is 14.9 Å². The van der Waals surface area contributed by atoms with Gasteiger partial charge in [0.1, 0.15) is 5.82 Å². The Bertz CT molecular complexity index is 1030. The van der Waals surface area contributed by atoms with Crippen LogP contribution < -0.4 is 10.1 Å². The number of pyridine rings is 1. The Morgan fingerprint density at radius 2 is 2.00 bits per heavy atom. The van der Waals surface area contributed by atoms with E-state index in [4.69, 9.17) is 0 Å². The number of nitrogens with one attached hydrogen (secondary N) is 1. The average Bonchev–Trinajstić information content (AvgIpc) is 3.22. The molecule has 6 heteroatoms. The van der Waals surface area contributed by atoms with E-state index in [0.29, 0.717) is 5.92 Å². The van der Waals surface area contributed by atoms with Crippen LogP contribution in [0.1, 0.15) is 30.7 Å². The van der Waals surface area contributed by atoms with Crippen LogP contribution in [0.5, 0.6) is 0 Å². The number of anilines is 1. The number of aromatic nitrogens is 1. The summed E-state index contributed by atoms with van der Waals surface area (Å²) in [5.41, 5.74) is 3.89. The van der Waals surface area contributed by atoms with Crippen molar-refractivity contribution in [3.05, 3.63) is 108 Å². The fraction of sp³-hybridized carbons (Fsp3) is 0.208. The van der Waals surface area contributed by atoms with Gasteiger partial charge >= 0.3 is 5.81 Å². The third-order valence-electron chi connectivity index (χ3n) is 5.79. The molecule has 2 aliphatic heterocycles. The predicted molar refractivity (Wildman–Crippen MR) is 129 cm³/mol. The summed E-state index contributed by atoms with van der Waals surface area (Å²) in [6.07, 6.45) is 29.4. The Balaban J connectivity index is 1.35. The largest absolute Gasteiger partial charge is 0.466 e. The Labute approximate surface area is 186 Å². The zero-order valence-corrected chi connectivity index (χ0v) is 18.4. The van der Waals surface area contributed by atoms with E-state index in [0.717, 1.165) is 37.4 Å². The molecule has 1 N–H and O–H groups in total. The molecule has 0 amide bonds. The average molecular weight is 459 g/mol. The molecule has 1 aromatic heterocycles. The lowest BCUT2D eigenvalue weighted by atomic mass is 9.93. The highest BCUT2D eigenvalue weighted by Gasteiger charge is 2.34. The van der Waals surface area contributed by atoms with E-state index in [2.05, 4.69) is 115 Å². The summed E-state index contributed by atoms with van der Waals surface area (Å²) >= 11 is 3.88. The van der Waals surface area contributed by atoms with E-state index in [1.807, 2.05) is 6.20 Å². The van der Waals surface area contributed by atoms with Gasteiger partial charge in [-0.05, 0) is 54.2 Å². The van der Waals surface area contributed by atoms with Crippen molar-refractivity contribution in [3.63, 3.8) is 0 Å². The summed E-state index contributed by atoms with van der Waals surface area (Å²) in [7, 11) is 0. The molecule has 0 spiro atoms. The molecule has 0 radical (unpaired) electrons. The first-order valence-corrected chi connectivity index (χ1v) is 11.4. The minimum absolute atomic E-state index is 0.0315. The molecule has 0 fully saturated rings. The maximum atomic E-state index is 4.64. The molecule has 0 aromatic carbocycles. The first-order valence-electron chi connectivity index (χ1n) is 10.5. The molecule has 150 valence electrons. The number of halogens is 1. The van der Waals surface area contributed by atoms with Gasteiger partial charge in [0.15, 0.2) is 0 Å². The molecule has 0 saturated carbocycles. The lowest BCUT2D eigenvalue weighted by Gasteiger charge is -2.29. The predicted octanol–water partition coefficient (Wildman–Crippen LogP) is 5.30. The van der Waals surface area contributed by atoms with Gasteiger partial charge in [0.25, 0.3) is 0 Å². The molecule has 30 heavy (non-hydrogen) atoms.